The van der Waals surface area contributed by atoms with Crippen molar-refractivity contribution in [3.63, 3.8) is 0 Å². The van der Waals surface area contributed by atoms with Gasteiger partial charge in [0, 0.05) is 25.7 Å². The Morgan fingerprint density at radius 3 is 2.47 bits per heavy atom. The number of carbonyl (C=O) groups excluding carboxylic acids is 1. The number of likely N-dealkylation sites (N-methyl/N-ethyl adjacent to an activating group) is 1. The third-order valence-corrected chi connectivity index (χ3v) is 2.44. The fraction of sp³-hybridized carbons (Fsp3) is 0.417. The van der Waals surface area contributed by atoms with Gasteiger partial charge in [0.05, 0.1) is 14.2 Å². The molecule has 2 N–H and O–H groups in total. The number of benzene rings is 1. The van der Waals surface area contributed by atoms with Crippen molar-refractivity contribution in [2.75, 3.05) is 34.4 Å². The van der Waals surface area contributed by atoms with Gasteiger partial charge in [0.2, 0.25) is 0 Å². The molecule has 94 valence electrons. The molecule has 0 aliphatic carbocycles. The van der Waals surface area contributed by atoms with Crippen LogP contribution in [0.5, 0.6) is 11.5 Å². The smallest absolute Gasteiger partial charge is 0.253 e. The highest BCUT2D eigenvalue weighted by Gasteiger charge is 2.13. The lowest BCUT2D eigenvalue weighted by atomic mass is 10.1. The maximum Gasteiger partial charge on any atom is 0.253 e. The number of ether oxygens (including phenoxy) is 2. The second kappa shape index (κ2) is 6.10. The van der Waals surface area contributed by atoms with Crippen molar-refractivity contribution in [3.05, 3.63) is 23.8 Å². The average Bonchev–Trinajstić information content (AvgIpc) is 2.37. The van der Waals surface area contributed by atoms with Crippen molar-refractivity contribution < 1.29 is 14.3 Å². The van der Waals surface area contributed by atoms with Crippen LogP contribution < -0.4 is 15.2 Å². The Morgan fingerprint density at radius 1 is 1.29 bits per heavy atom. The van der Waals surface area contributed by atoms with E-state index in [0.29, 0.717) is 30.2 Å². The van der Waals surface area contributed by atoms with Gasteiger partial charge in [0.1, 0.15) is 0 Å². The standard InChI is InChI=1S/C12H18N2O3/c1-14(7-6-13)12(15)9-4-5-10(16-2)11(8-9)17-3/h4-5,8H,6-7,13H2,1-3H3. The molecule has 1 aromatic carbocycles. The number of hydrogen-bond acceptors (Lipinski definition) is 4. The molecule has 0 aliphatic heterocycles. The Hall–Kier alpha value is -1.75. The highest BCUT2D eigenvalue weighted by molar-refractivity contribution is 5.94. The summed E-state index contributed by atoms with van der Waals surface area (Å²) in [5, 5.41) is 0. The quantitative estimate of drug-likeness (QED) is 0.821. The number of rotatable bonds is 5. The third kappa shape index (κ3) is 3.10. The molecule has 5 nitrogen and oxygen atoms in total. The maximum absolute atomic E-state index is 12.0. The summed E-state index contributed by atoms with van der Waals surface area (Å²) < 4.78 is 10.3. The number of amides is 1. The summed E-state index contributed by atoms with van der Waals surface area (Å²) >= 11 is 0. The van der Waals surface area contributed by atoms with Gasteiger partial charge in [-0.1, -0.05) is 0 Å². The molecule has 0 radical (unpaired) electrons. The number of hydrogen-bond donors (Lipinski definition) is 1. The summed E-state index contributed by atoms with van der Waals surface area (Å²) in [6, 6.07) is 5.08. The molecule has 0 aromatic heterocycles. The lowest BCUT2D eigenvalue weighted by Gasteiger charge is -2.17. The van der Waals surface area contributed by atoms with Gasteiger partial charge in [-0.25, -0.2) is 0 Å². The maximum atomic E-state index is 12.0. The van der Waals surface area contributed by atoms with Crippen LogP contribution in [0.25, 0.3) is 0 Å². The molecule has 5 heteroatoms. The van der Waals surface area contributed by atoms with Gasteiger partial charge in [0.15, 0.2) is 11.5 Å². The summed E-state index contributed by atoms with van der Waals surface area (Å²) in [7, 11) is 4.81. The van der Waals surface area contributed by atoms with Crippen molar-refractivity contribution in [2.24, 2.45) is 5.73 Å². The van der Waals surface area contributed by atoms with E-state index in [-0.39, 0.29) is 5.91 Å². The van der Waals surface area contributed by atoms with E-state index < -0.39 is 0 Å². The Bertz CT molecular complexity index is 393. The number of nitrogens with zero attached hydrogens (tertiary/aromatic N) is 1. The monoisotopic (exact) mass is 238 g/mol. The van der Waals surface area contributed by atoms with Gasteiger partial charge < -0.3 is 20.1 Å². The fourth-order valence-electron chi connectivity index (χ4n) is 1.48. The van der Waals surface area contributed by atoms with Crippen molar-refractivity contribution >= 4 is 5.91 Å². The van der Waals surface area contributed by atoms with Crippen LogP contribution in [0.3, 0.4) is 0 Å². The molecule has 17 heavy (non-hydrogen) atoms. The van der Waals surface area contributed by atoms with Gasteiger partial charge in [0.25, 0.3) is 5.91 Å². The van der Waals surface area contributed by atoms with Crippen LogP contribution in [0.4, 0.5) is 0 Å². The minimum Gasteiger partial charge on any atom is -0.493 e. The largest absolute Gasteiger partial charge is 0.493 e. The van der Waals surface area contributed by atoms with E-state index in [9.17, 15) is 4.79 Å². The second-order valence-corrected chi connectivity index (χ2v) is 3.59. The number of carbonyl (C=O) groups is 1. The first kappa shape index (κ1) is 13.3. The molecule has 0 spiro atoms. The summed E-state index contributed by atoms with van der Waals surface area (Å²) in [6.07, 6.45) is 0. The van der Waals surface area contributed by atoms with Crippen LogP contribution in [0, 0.1) is 0 Å². The van der Waals surface area contributed by atoms with E-state index in [4.69, 9.17) is 15.2 Å². The summed E-state index contributed by atoms with van der Waals surface area (Å²) in [4.78, 5) is 13.5. The Balaban J connectivity index is 2.95. The highest BCUT2D eigenvalue weighted by Crippen LogP contribution is 2.27. The van der Waals surface area contributed by atoms with Crippen molar-refractivity contribution in [3.8, 4) is 11.5 Å². The molecule has 0 bridgehead atoms. The zero-order chi connectivity index (χ0) is 12.8. The van der Waals surface area contributed by atoms with E-state index in [1.165, 1.54) is 7.11 Å². The summed E-state index contributed by atoms with van der Waals surface area (Å²) in [5.41, 5.74) is 5.96. The first-order chi connectivity index (χ1) is 8.13. The van der Waals surface area contributed by atoms with Crippen molar-refractivity contribution in [1.29, 1.82) is 0 Å². The van der Waals surface area contributed by atoms with E-state index in [2.05, 4.69) is 0 Å². The first-order valence-electron chi connectivity index (χ1n) is 5.31. The van der Waals surface area contributed by atoms with Crippen LogP contribution in [0.1, 0.15) is 10.4 Å². The van der Waals surface area contributed by atoms with Gasteiger partial charge in [-0.3, -0.25) is 4.79 Å². The molecule has 0 saturated heterocycles. The predicted octanol–water partition coefficient (Wildman–Crippen LogP) is 0.735. The molecule has 0 atom stereocenters. The number of nitrogens with two attached hydrogens (primary N) is 1. The second-order valence-electron chi connectivity index (χ2n) is 3.59. The SMILES string of the molecule is COc1ccc(C(=O)N(C)CCN)cc1OC. The average molecular weight is 238 g/mol. The van der Waals surface area contributed by atoms with Crippen LogP contribution >= 0.6 is 0 Å². The summed E-state index contributed by atoms with van der Waals surface area (Å²) in [5.74, 6) is 1.06. The normalized spacial score (nSPS) is 9.88. The molecule has 0 saturated carbocycles. The molecule has 0 heterocycles. The van der Waals surface area contributed by atoms with Gasteiger partial charge in [-0.05, 0) is 18.2 Å². The molecular weight excluding hydrogens is 220 g/mol. The highest BCUT2D eigenvalue weighted by atomic mass is 16.5. The third-order valence-electron chi connectivity index (χ3n) is 2.44. The van der Waals surface area contributed by atoms with E-state index in [0.717, 1.165) is 0 Å². The molecular formula is C12H18N2O3. The zero-order valence-electron chi connectivity index (χ0n) is 10.4. The van der Waals surface area contributed by atoms with Crippen LogP contribution in [0.2, 0.25) is 0 Å². The minimum atomic E-state index is -0.0867. The predicted molar refractivity (Wildman–Crippen MR) is 65.6 cm³/mol. The van der Waals surface area contributed by atoms with Crippen molar-refractivity contribution in [1.82, 2.24) is 4.90 Å². The fourth-order valence-corrected chi connectivity index (χ4v) is 1.48. The van der Waals surface area contributed by atoms with E-state index in [1.807, 2.05) is 0 Å². The van der Waals surface area contributed by atoms with Gasteiger partial charge >= 0.3 is 0 Å². The molecule has 1 rings (SSSR count). The number of methoxy groups -OCH3 is 2. The molecule has 0 fully saturated rings. The molecule has 0 aliphatic rings. The van der Waals surface area contributed by atoms with E-state index >= 15 is 0 Å². The first-order valence-corrected chi connectivity index (χ1v) is 5.31. The molecule has 0 unspecified atom stereocenters. The van der Waals surface area contributed by atoms with Gasteiger partial charge in [-0.2, -0.15) is 0 Å². The van der Waals surface area contributed by atoms with Crippen LogP contribution in [-0.2, 0) is 0 Å². The van der Waals surface area contributed by atoms with Crippen molar-refractivity contribution in [2.45, 2.75) is 0 Å². The van der Waals surface area contributed by atoms with Gasteiger partial charge in [-0.15, -0.1) is 0 Å². The van der Waals surface area contributed by atoms with Crippen LogP contribution in [0.15, 0.2) is 18.2 Å². The Labute approximate surface area is 101 Å². The zero-order valence-corrected chi connectivity index (χ0v) is 10.4. The molecule has 1 amide bonds. The van der Waals surface area contributed by atoms with Crippen LogP contribution in [-0.4, -0.2) is 45.2 Å². The Kier molecular flexibility index (Phi) is 4.78. The lowest BCUT2D eigenvalue weighted by Crippen LogP contribution is -2.31. The topological polar surface area (TPSA) is 64.8 Å². The molecule has 1 aromatic rings. The minimum absolute atomic E-state index is 0.0867. The van der Waals surface area contributed by atoms with E-state index in [1.54, 1.807) is 37.3 Å². The summed E-state index contributed by atoms with van der Waals surface area (Å²) in [6.45, 7) is 0.961. The Morgan fingerprint density at radius 2 is 1.94 bits per heavy atom. The lowest BCUT2D eigenvalue weighted by molar-refractivity contribution is 0.0798.